The molecule has 2 aliphatic heterocycles. The Morgan fingerprint density at radius 1 is 1.19 bits per heavy atom. The maximum Gasteiger partial charge on any atom is 0.0767 e. The predicted molar refractivity (Wildman–Crippen MR) is 89.5 cm³/mol. The van der Waals surface area contributed by atoms with Crippen LogP contribution in [0.1, 0.15) is 44.5 Å². The van der Waals surface area contributed by atoms with Crippen LogP contribution in [0.25, 0.3) is 0 Å². The van der Waals surface area contributed by atoms with Crippen molar-refractivity contribution in [3.8, 4) is 0 Å². The summed E-state index contributed by atoms with van der Waals surface area (Å²) < 4.78 is 3.41. The Morgan fingerprint density at radius 2 is 2.05 bits per heavy atom. The number of halogens is 1. The average molecular weight is 355 g/mol. The van der Waals surface area contributed by atoms with E-state index >= 15 is 0 Å². The van der Waals surface area contributed by atoms with Gasteiger partial charge in [-0.05, 0) is 48.7 Å². The van der Waals surface area contributed by atoms with Crippen molar-refractivity contribution in [2.24, 2.45) is 0 Å². The first kappa shape index (κ1) is 15.5. The first-order valence-corrected chi connectivity index (χ1v) is 9.22. The van der Waals surface area contributed by atoms with Gasteiger partial charge in [-0.1, -0.05) is 13.3 Å². The van der Waals surface area contributed by atoms with Gasteiger partial charge in [-0.25, -0.2) is 0 Å². The molecule has 0 bridgehead atoms. The minimum atomic E-state index is 0.787. The molecule has 1 unspecified atom stereocenters. The minimum absolute atomic E-state index is 0.787. The van der Waals surface area contributed by atoms with Crippen LogP contribution in [0.5, 0.6) is 0 Å². The van der Waals surface area contributed by atoms with E-state index in [0.717, 1.165) is 25.6 Å². The van der Waals surface area contributed by atoms with Gasteiger partial charge < -0.3 is 0 Å². The van der Waals surface area contributed by atoms with Crippen molar-refractivity contribution in [1.29, 1.82) is 0 Å². The van der Waals surface area contributed by atoms with E-state index in [1.807, 2.05) is 0 Å². The highest BCUT2D eigenvalue weighted by Crippen LogP contribution is 2.26. The quantitative estimate of drug-likeness (QED) is 0.830. The van der Waals surface area contributed by atoms with Crippen molar-refractivity contribution in [3.63, 3.8) is 0 Å². The Hall–Kier alpha value is -0.390. The molecule has 2 aliphatic rings. The van der Waals surface area contributed by atoms with Gasteiger partial charge in [-0.2, -0.15) is 5.10 Å². The van der Waals surface area contributed by atoms with Crippen molar-refractivity contribution < 1.29 is 0 Å². The summed E-state index contributed by atoms with van der Waals surface area (Å²) in [5.41, 5.74) is 2.56. The van der Waals surface area contributed by atoms with Crippen LogP contribution in [-0.2, 0) is 19.5 Å². The molecule has 2 fully saturated rings. The van der Waals surface area contributed by atoms with E-state index in [4.69, 9.17) is 5.10 Å². The molecule has 0 aromatic carbocycles. The van der Waals surface area contributed by atoms with Crippen molar-refractivity contribution >= 4 is 15.9 Å². The second kappa shape index (κ2) is 6.80. The highest BCUT2D eigenvalue weighted by Gasteiger charge is 2.29. The van der Waals surface area contributed by atoms with Crippen LogP contribution in [0.3, 0.4) is 0 Å². The van der Waals surface area contributed by atoms with Gasteiger partial charge in [0.15, 0.2) is 0 Å². The Bertz CT molecular complexity index is 485. The third-order valence-electron chi connectivity index (χ3n) is 4.99. The summed E-state index contributed by atoms with van der Waals surface area (Å²) in [5.74, 6) is 0. The lowest BCUT2D eigenvalue weighted by Crippen LogP contribution is -2.54. The fourth-order valence-corrected chi connectivity index (χ4v) is 4.43. The van der Waals surface area contributed by atoms with Crippen LogP contribution in [-0.4, -0.2) is 51.8 Å². The number of aromatic nitrogens is 2. The molecule has 5 heteroatoms. The molecule has 0 aliphatic carbocycles. The second-order valence-electron chi connectivity index (χ2n) is 6.30. The number of aryl methyl sites for hydroxylation is 2. The molecular formula is C16H27BrN4. The SMILES string of the molecule is CCc1nn(CC)c(CN2CCN3CCCCC3C2)c1Br. The van der Waals surface area contributed by atoms with Crippen molar-refractivity contribution in [1.82, 2.24) is 19.6 Å². The molecule has 3 rings (SSSR count). The van der Waals surface area contributed by atoms with E-state index in [1.54, 1.807) is 0 Å². The van der Waals surface area contributed by atoms with Gasteiger partial charge in [-0.15, -0.1) is 0 Å². The normalized spacial score (nSPS) is 24.2. The monoisotopic (exact) mass is 354 g/mol. The van der Waals surface area contributed by atoms with Gasteiger partial charge in [0.25, 0.3) is 0 Å². The first-order valence-electron chi connectivity index (χ1n) is 8.43. The molecule has 1 atom stereocenters. The molecule has 4 nitrogen and oxygen atoms in total. The number of nitrogens with zero attached hydrogens (tertiary/aromatic N) is 4. The Balaban J connectivity index is 1.70. The van der Waals surface area contributed by atoms with E-state index < -0.39 is 0 Å². The highest BCUT2D eigenvalue weighted by molar-refractivity contribution is 9.10. The summed E-state index contributed by atoms with van der Waals surface area (Å²) in [4.78, 5) is 5.32. The Labute approximate surface area is 136 Å². The van der Waals surface area contributed by atoms with E-state index in [2.05, 4.69) is 44.3 Å². The maximum absolute atomic E-state index is 4.73. The predicted octanol–water partition coefficient (Wildman–Crippen LogP) is 2.90. The molecule has 1 aromatic rings. The minimum Gasteiger partial charge on any atom is -0.298 e. The molecule has 0 amide bonds. The highest BCUT2D eigenvalue weighted by atomic mass is 79.9. The maximum atomic E-state index is 4.73. The van der Waals surface area contributed by atoms with Crippen molar-refractivity contribution in [2.45, 2.75) is 58.7 Å². The van der Waals surface area contributed by atoms with Gasteiger partial charge in [0.05, 0.1) is 15.9 Å². The lowest BCUT2D eigenvalue weighted by molar-refractivity contribution is 0.0444. The standard InChI is InChI=1S/C16H27BrN4/c1-3-14-16(17)15(21(4-2)18-14)12-19-9-10-20-8-6-5-7-13(20)11-19/h13H,3-12H2,1-2H3. The molecular weight excluding hydrogens is 328 g/mol. The van der Waals surface area contributed by atoms with Gasteiger partial charge in [-0.3, -0.25) is 14.5 Å². The first-order chi connectivity index (χ1) is 10.2. The lowest BCUT2D eigenvalue weighted by Gasteiger charge is -2.44. The molecule has 1 aromatic heterocycles. The number of fused-ring (bicyclic) bond motifs is 1. The summed E-state index contributed by atoms with van der Waals surface area (Å²) in [6, 6.07) is 0.787. The van der Waals surface area contributed by atoms with E-state index in [-0.39, 0.29) is 0 Å². The number of hydrogen-bond donors (Lipinski definition) is 0. The lowest BCUT2D eigenvalue weighted by atomic mass is 9.99. The van der Waals surface area contributed by atoms with E-state index in [0.29, 0.717) is 0 Å². The van der Waals surface area contributed by atoms with Gasteiger partial charge in [0, 0.05) is 38.8 Å². The van der Waals surface area contributed by atoms with Gasteiger partial charge >= 0.3 is 0 Å². The Morgan fingerprint density at radius 3 is 2.81 bits per heavy atom. The topological polar surface area (TPSA) is 24.3 Å². The summed E-state index contributed by atoms with van der Waals surface area (Å²) in [5, 5.41) is 4.73. The zero-order valence-corrected chi connectivity index (χ0v) is 14.9. The molecule has 21 heavy (non-hydrogen) atoms. The number of rotatable bonds is 4. The summed E-state index contributed by atoms with van der Waals surface area (Å²) in [7, 11) is 0. The third-order valence-corrected chi connectivity index (χ3v) is 5.90. The number of piperidine rings is 1. The van der Waals surface area contributed by atoms with Crippen LogP contribution in [0.2, 0.25) is 0 Å². The zero-order valence-electron chi connectivity index (χ0n) is 13.3. The number of hydrogen-bond acceptors (Lipinski definition) is 3. The zero-order chi connectivity index (χ0) is 14.8. The summed E-state index contributed by atoms with van der Waals surface area (Å²) in [6.45, 7) is 11.3. The smallest absolute Gasteiger partial charge is 0.0767 e. The fourth-order valence-electron chi connectivity index (χ4n) is 3.74. The van der Waals surface area contributed by atoms with Gasteiger partial charge in [0.2, 0.25) is 0 Å². The molecule has 0 N–H and O–H groups in total. The largest absolute Gasteiger partial charge is 0.298 e. The Kier molecular flexibility index (Phi) is 5.02. The molecule has 0 saturated carbocycles. The van der Waals surface area contributed by atoms with Gasteiger partial charge in [0.1, 0.15) is 0 Å². The molecule has 0 spiro atoms. The van der Waals surface area contributed by atoms with Crippen LogP contribution >= 0.6 is 15.9 Å². The molecule has 118 valence electrons. The summed E-state index contributed by atoms with van der Waals surface area (Å²) in [6.07, 6.45) is 5.18. The van der Waals surface area contributed by atoms with E-state index in [9.17, 15) is 0 Å². The van der Waals surface area contributed by atoms with Crippen molar-refractivity contribution in [3.05, 3.63) is 15.9 Å². The van der Waals surface area contributed by atoms with Crippen LogP contribution in [0.15, 0.2) is 4.47 Å². The molecule has 2 saturated heterocycles. The number of piperazine rings is 1. The van der Waals surface area contributed by atoms with E-state index in [1.165, 1.54) is 61.3 Å². The van der Waals surface area contributed by atoms with Crippen LogP contribution in [0.4, 0.5) is 0 Å². The van der Waals surface area contributed by atoms with Crippen LogP contribution < -0.4 is 0 Å². The second-order valence-corrected chi connectivity index (χ2v) is 7.09. The van der Waals surface area contributed by atoms with Crippen molar-refractivity contribution in [2.75, 3.05) is 26.2 Å². The summed E-state index contributed by atoms with van der Waals surface area (Å²) >= 11 is 3.78. The average Bonchev–Trinajstić information content (AvgIpc) is 2.83. The molecule has 0 radical (unpaired) electrons. The third kappa shape index (κ3) is 3.20. The van der Waals surface area contributed by atoms with Crippen LogP contribution in [0, 0.1) is 0 Å². The fraction of sp³-hybridized carbons (Fsp3) is 0.812. The molecule has 3 heterocycles.